The van der Waals surface area contributed by atoms with E-state index in [0.29, 0.717) is 17.1 Å². The molecular formula is C14H15N2O3S3-. The van der Waals surface area contributed by atoms with E-state index < -0.39 is 12.0 Å². The summed E-state index contributed by atoms with van der Waals surface area (Å²) in [4.78, 5) is 25.5. The number of aliphatic carboxylic acids is 1. The highest BCUT2D eigenvalue weighted by Crippen LogP contribution is 2.34. The van der Waals surface area contributed by atoms with Crippen molar-refractivity contribution in [1.82, 2.24) is 9.47 Å². The number of carboxylic acid groups (broad SMARTS) is 1. The van der Waals surface area contributed by atoms with E-state index in [2.05, 4.69) is 0 Å². The Morgan fingerprint density at radius 1 is 1.59 bits per heavy atom. The predicted octanol–water partition coefficient (Wildman–Crippen LogP) is 1.10. The first-order valence-corrected chi connectivity index (χ1v) is 9.15. The van der Waals surface area contributed by atoms with Gasteiger partial charge in [-0.25, -0.2) is 0 Å². The highest BCUT2D eigenvalue weighted by Gasteiger charge is 2.37. The lowest BCUT2D eigenvalue weighted by Crippen LogP contribution is -2.50. The van der Waals surface area contributed by atoms with Crippen LogP contribution in [-0.4, -0.2) is 43.7 Å². The molecule has 0 aliphatic carbocycles. The van der Waals surface area contributed by atoms with Gasteiger partial charge in [-0.2, -0.15) is 11.8 Å². The highest BCUT2D eigenvalue weighted by molar-refractivity contribution is 8.26. The Morgan fingerprint density at radius 3 is 2.86 bits per heavy atom. The Hall–Kier alpha value is -1.25. The standard InChI is InChI=1S/C14H16N2O3S3/c1-15-6-3-4-9(15)8-11-12(17)16(14(20)22-11)10(13(18)19)5-7-21-2/h3-4,6,8,10H,5,7H2,1-2H3,(H,18,19)/p-1/b11-8-/t10-/m0/s1. The van der Waals surface area contributed by atoms with Crippen molar-refractivity contribution in [1.29, 1.82) is 0 Å². The summed E-state index contributed by atoms with van der Waals surface area (Å²) in [5.74, 6) is -1.02. The molecule has 0 spiro atoms. The van der Waals surface area contributed by atoms with E-state index in [4.69, 9.17) is 12.2 Å². The fraction of sp³-hybridized carbons (Fsp3) is 0.357. The normalized spacial score (nSPS) is 18.3. The number of carbonyl (C=O) groups is 2. The number of thioether (sulfide) groups is 2. The molecule has 0 unspecified atom stereocenters. The van der Waals surface area contributed by atoms with Crippen LogP contribution in [0, 0.1) is 0 Å². The molecule has 1 amide bonds. The maximum Gasteiger partial charge on any atom is 0.266 e. The second-order valence-corrected chi connectivity index (χ2v) is 7.37. The molecule has 1 aromatic heterocycles. The van der Waals surface area contributed by atoms with Gasteiger partial charge in [-0.3, -0.25) is 9.69 Å². The van der Waals surface area contributed by atoms with E-state index in [-0.39, 0.29) is 10.2 Å². The molecule has 5 nitrogen and oxygen atoms in total. The van der Waals surface area contributed by atoms with Crippen molar-refractivity contribution in [3.05, 3.63) is 28.9 Å². The molecule has 1 saturated heterocycles. The lowest BCUT2D eigenvalue weighted by Gasteiger charge is -2.27. The van der Waals surface area contributed by atoms with Gasteiger partial charge in [-0.1, -0.05) is 24.0 Å². The van der Waals surface area contributed by atoms with Crippen LogP contribution >= 0.6 is 35.7 Å². The zero-order chi connectivity index (χ0) is 16.3. The molecule has 1 aliphatic rings. The van der Waals surface area contributed by atoms with Crippen LogP contribution in [0.4, 0.5) is 0 Å². The number of rotatable bonds is 6. The molecule has 0 N–H and O–H groups in total. The minimum Gasteiger partial charge on any atom is -0.548 e. The maximum atomic E-state index is 12.5. The molecule has 1 aromatic rings. The molecule has 2 heterocycles. The van der Waals surface area contributed by atoms with Gasteiger partial charge >= 0.3 is 0 Å². The monoisotopic (exact) mass is 355 g/mol. The first-order valence-electron chi connectivity index (χ1n) is 6.54. The third-order valence-corrected chi connectivity index (χ3v) is 5.24. The molecule has 22 heavy (non-hydrogen) atoms. The van der Waals surface area contributed by atoms with E-state index in [1.165, 1.54) is 16.7 Å². The first-order chi connectivity index (χ1) is 10.5. The van der Waals surface area contributed by atoms with Gasteiger partial charge in [0.25, 0.3) is 5.91 Å². The molecule has 8 heteroatoms. The summed E-state index contributed by atoms with van der Waals surface area (Å²) < 4.78 is 2.14. The summed E-state index contributed by atoms with van der Waals surface area (Å²) in [6.45, 7) is 0. The number of amides is 1. The molecular weight excluding hydrogens is 340 g/mol. The van der Waals surface area contributed by atoms with Crippen LogP contribution in [0.5, 0.6) is 0 Å². The van der Waals surface area contributed by atoms with Gasteiger partial charge in [-0.05, 0) is 36.6 Å². The quantitative estimate of drug-likeness (QED) is 0.562. The third kappa shape index (κ3) is 3.56. The van der Waals surface area contributed by atoms with Gasteiger partial charge in [-0.15, -0.1) is 0 Å². The molecule has 2 rings (SSSR count). The molecule has 1 atom stereocenters. The number of carboxylic acids is 1. The summed E-state index contributed by atoms with van der Waals surface area (Å²) in [6, 6.07) is 2.73. The zero-order valence-corrected chi connectivity index (χ0v) is 14.6. The van der Waals surface area contributed by atoms with Crippen molar-refractivity contribution in [2.75, 3.05) is 12.0 Å². The first kappa shape index (κ1) is 17.1. The van der Waals surface area contributed by atoms with Gasteiger partial charge < -0.3 is 14.5 Å². The largest absolute Gasteiger partial charge is 0.548 e. The summed E-state index contributed by atoms with van der Waals surface area (Å²) >= 11 is 7.84. The van der Waals surface area contributed by atoms with Crippen LogP contribution in [0.15, 0.2) is 23.2 Å². The average molecular weight is 355 g/mol. The van der Waals surface area contributed by atoms with E-state index in [0.717, 1.165) is 17.5 Å². The van der Waals surface area contributed by atoms with Crippen LogP contribution in [-0.2, 0) is 16.6 Å². The Balaban J connectivity index is 2.26. The smallest absolute Gasteiger partial charge is 0.266 e. The van der Waals surface area contributed by atoms with Gasteiger partial charge in [0.2, 0.25) is 0 Å². The van der Waals surface area contributed by atoms with Gasteiger partial charge in [0.15, 0.2) is 0 Å². The molecule has 118 valence electrons. The molecule has 0 saturated carbocycles. The number of nitrogens with zero attached hydrogens (tertiary/aromatic N) is 2. The SMILES string of the molecule is CSCC[C@@H](C(=O)[O-])N1C(=O)/C(=C/c2cccn2C)SC1=S. The minimum absolute atomic E-state index is 0.265. The molecule has 0 radical (unpaired) electrons. The predicted molar refractivity (Wildman–Crippen MR) is 92.2 cm³/mol. The Bertz CT molecular complexity index is 639. The Kier molecular flexibility index (Phi) is 5.71. The molecule has 1 fully saturated rings. The Labute approximate surface area is 142 Å². The number of hydrogen-bond donors (Lipinski definition) is 0. The number of aromatic nitrogens is 1. The molecule has 0 aromatic carbocycles. The lowest BCUT2D eigenvalue weighted by atomic mass is 10.2. The summed E-state index contributed by atoms with van der Waals surface area (Å²) in [7, 11) is 1.87. The number of hydrogen-bond acceptors (Lipinski definition) is 6. The fourth-order valence-electron chi connectivity index (χ4n) is 2.09. The number of thiocarbonyl (C=S) groups is 1. The van der Waals surface area contributed by atoms with Crippen molar-refractivity contribution in [3.8, 4) is 0 Å². The van der Waals surface area contributed by atoms with Crippen LogP contribution in [0.1, 0.15) is 12.1 Å². The number of carbonyl (C=O) groups excluding carboxylic acids is 2. The van der Waals surface area contributed by atoms with Crippen LogP contribution in [0.3, 0.4) is 0 Å². The van der Waals surface area contributed by atoms with Gasteiger partial charge in [0.05, 0.1) is 16.9 Å². The second-order valence-electron chi connectivity index (χ2n) is 4.71. The summed E-state index contributed by atoms with van der Waals surface area (Å²) in [5.41, 5.74) is 0.856. The van der Waals surface area contributed by atoms with E-state index in [1.54, 1.807) is 6.08 Å². The van der Waals surface area contributed by atoms with Crippen LogP contribution < -0.4 is 5.11 Å². The van der Waals surface area contributed by atoms with Crippen molar-refractivity contribution < 1.29 is 14.7 Å². The summed E-state index contributed by atoms with van der Waals surface area (Å²) in [6.07, 6.45) is 5.79. The molecule has 1 aliphatic heterocycles. The van der Waals surface area contributed by atoms with E-state index in [1.807, 2.05) is 36.2 Å². The van der Waals surface area contributed by atoms with Crippen molar-refractivity contribution in [2.45, 2.75) is 12.5 Å². The highest BCUT2D eigenvalue weighted by atomic mass is 32.2. The zero-order valence-electron chi connectivity index (χ0n) is 12.1. The van der Waals surface area contributed by atoms with Crippen LogP contribution in [0.2, 0.25) is 0 Å². The number of aryl methyl sites for hydroxylation is 1. The summed E-state index contributed by atoms with van der Waals surface area (Å²) in [5, 5.41) is 11.4. The lowest BCUT2D eigenvalue weighted by molar-refractivity contribution is -0.310. The molecule has 0 bridgehead atoms. The van der Waals surface area contributed by atoms with Crippen LogP contribution in [0.25, 0.3) is 6.08 Å². The fourth-order valence-corrected chi connectivity index (χ4v) is 3.89. The van der Waals surface area contributed by atoms with Crippen molar-refractivity contribution in [2.24, 2.45) is 7.05 Å². The van der Waals surface area contributed by atoms with E-state index in [9.17, 15) is 14.7 Å². The van der Waals surface area contributed by atoms with Crippen molar-refractivity contribution >= 4 is 58.0 Å². The van der Waals surface area contributed by atoms with E-state index >= 15 is 0 Å². The maximum absolute atomic E-state index is 12.5. The van der Waals surface area contributed by atoms with Crippen molar-refractivity contribution in [3.63, 3.8) is 0 Å². The van der Waals surface area contributed by atoms with Gasteiger partial charge in [0, 0.05) is 18.9 Å². The second kappa shape index (κ2) is 7.34. The topological polar surface area (TPSA) is 65.4 Å². The average Bonchev–Trinajstić information content (AvgIpc) is 2.97. The third-order valence-electron chi connectivity index (χ3n) is 3.27. The Morgan fingerprint density at radius 2 is 2.32 bits per heavy atom. The van der Waals surface area contributed by atoms with Gasteiger partial charge in [0.1, 0.15) is 4.32 Å². The minimum atomic E-state index is -1.27.